The highest BCUT2D eigenvalue weighted by atomic mass is 32.2. The number of hydrogen-bond acceptors (Lipinski definition) is 4. The molecule has 1 aromatic heterocycles. The van der Waals surface area contributed by atoms with E-state index in [-0.39, 0.29) is 18.4 Å². The fourth-order valence-corrected chi connectivity index (χ4v) is 6.35. The monoisotopic (exact) mass is 414 g/mol. The van der Waals surface area contributed by atoms with Crippen molar-refractivity contribution in [3.63, 3.8) is 0 Å². The van der Waals surface area contributed by atoms with Crippen molar-refractivity contribution in [2.24, 2.45) is 5.92 Å². The Morgan fingerprint density at radius 1 is 1.11 bits per heavy atom. The van der Waals surface area contributed by atoms with Crippen LogP contribution in [0.25, 0.3) is 10.8 Å². The van der Waals surface area contributed by atoms with E-state index in [0.717, 1.165) is 16.3 Å². The summed E-state index contributed by atoms with van der Waals surface area (Å²) < 4.78 is 27.3. The molecule has 0 bridgehead atoms. The van der Waals surface area contributed by atoms with Gasteiger partial charge >= 0.3 is 0 Å². The molecule has 1 N–H and O–H groups in total. The maximum absolute atomic E-state index is 12.7. The average Bonchev–Trinajstić information content (AvgIpc) is 3.28. The highest BCUT2D eigenvalue weighted by molar-refractivity contribution is 7.91. The molecule has 1 fully saturated rings. The van der Waals surface area contributed by atoms with Gasteiger partial charge in [-0.2, -0.15) is 4.31 Å². The van der Waals surface area contributed by atoms with Gasteiger partial charge in [0.2, 0.25) is 5.91 Å². The van der Waals surface area contributed by atoms with Gasteiger partial charge < -0.3 is 5.32 Å². The molecule has 7 heteroatoms. The lowest BCUT2D eigenvalue weighted by Gasteiger charge is -2.30. The Balaban J connectivity index is 1.43. The number of nitrogens with one attached hydrogen (secondary N) is 1. The minimum Gasteiger partial charge on any atom is -0.352 e. The standard InChI is InChI=1S/C21H22N2O3S2/c24-21(22-14-17-8-3-7-16-6-1-2-10-19(16)17)18-9-4-12-23(15-18)28(25,26)20-11-5-13-27-20/h1-3,5-8,10-11,13,18H,4,9,12,14-15H2,(H,22,24)/t18-/m0/s1. The largest absolute Gasteiger partial charge is 0.352 e. The van der Waals surface area contributed by atoms with Gasteiger partial charge in [-0.05, 0) is 40.6 Å². The highest BCUT2D eigenvalue weighted by Crippen LogP contribution is 2.26. The Bertz CT molecular complexity index is 1070. The molecular formula is C21H22N2O3S2. The number of thiophene rings is 1. The predicted octanol–water partition coefficient (Wildman–Crippen LogP) is 3.62. The first kappa shape index (κ1) is 19.1. The molecule has 1 aliphatic heterocycles. The summed E-state index contributed by atoms with van der Waals surface area (Å²) in [5.41, 5.74) is 1.06. The van der Waals surface area contributed by atoms with Crippen molar-refractivity contribution in [2.45, 2.75) is 23.6 Å². The Morgan fingerprint density at radius 2 is 1.93 bits per heavy atom. The van der Waals surface area contributed by atoms with E-state index >= 15 is 0 Å². The smallest absolute Gasteiger partial charge is 0.252 e. The topological polar surface area (TPSA) is 66.5 Å². The minimum atomic E-state index is -3.51. The Morgan fingerprint density at radius 3 is 2.75 bits per heavy atom. The van der Waals surface area contributed by atoms with E-state index in [2.05, 4.69) is 17.4 Å². The van der Waals surface area contributed by atoms with Crippen LogP contribution in [0, 0.1) is 5.92 Å². The fourth-order valence-electron chi connectivity index (χ4n) is 3.69. The van der Waals surface area contributed by atoms with Crippen molar-refractivity contribution in [2.75, 3.05) is 13.1 Å². The van der Waals surface area contributed by atoms with Crippen molar-refractivity contribution in [3.05, 3.63) is 65.5 Å². The van der Waals surface area contributed by atoms with E-state index < -0.39 is 10.0 Å². The van der Waals surface area contributed by atoms with Crippen molar-refractivity contribution in [3.8, 4) is 0 Å². The van der Waals surface area contributed by atoms with E-state index in [0.29, 0.717) is 30.1 Å². The van der Waals surface area contributed by atoms with Gasteiger partial charge in [0.05, 0.1) is 5.92 Å². The zero-order valence-corrected chi connectivity index (χ0v) is 17.0. The Labute approximate surface area is 169 Å². The number of piperidine rings is 1. The molecule has 3 aromatic rings. The number of carbonyl (C=O) groups excluding carboxylic acids is 1. The molecular weight excluding hydrogens is 392 g/mol. The fraction of sp³-hybridized carbons (Fsp3) is 0.286. The molecule has 1 saturated heterocycles. The Hall–Kier alpha value is -2.22. The summed E-state index contributed by atoms with van der Waals surface area (Å²) in [5, 5.41) is 7.03. The van der Waals surface area contributed by atoms with Crippen LogP contribution in [-0.4, -0.2) is 31.7 Å². The first-order valence-corrected chi connectivity index (χ1v) is 11.7. The van der Waals surface area contributed by atoms with Gasteiger partial charge in [-0.15, -0.1) is 11.3 Å². The van der Waals surface area contributed by atoms with Gasteiger partial charge in [0.25, 0.3) is 10.0 Å². The maximum Gasteiger partial charge on any atom is 0.252 e. The zero-order valence-electron chi connectivity index (χ0n) is 15.4. The molecule has 0 aliphatic carbocycles. The molecule has 1 atom stereocenters. The number of nitrogens with zero attached hydrogens (tertiary/aromatic N) is 1. The molecule has 0 radical (unpaired) electrons. The van der Waals surface area contributed by atoms with Crippen molar-refractivity contribution in [1.29, 1.82) is 0 Å². The third-order valence-electron chi connectivity index (χ3n) is 5.18. The second-order valence-electron chi connectivity index (χ2n) is 6.99. The number of rotatable bonds is 5. The number of sulfonamides is 1. The van der Waals surface area contributed by atoms with Gasteiger partial charge in [-0.25, -0.2) is 8.42 Å². The summed E-state index contributed by atoms with van der Waals surface area (Å²) in [4.78, 5) is 12.7. The quantitative estimate of drug-likeness (QED) is 0.693. The van der Waals surface area contributed by atoms with E-state index in [1.54, 1.807) is 17.5 Å². The van der Waals surface area contributed by atoms with Crippen LogP contribution in [0.2, 0.25) is 0 Å². The molecule has 0 spiro atoms. The van der Waals surface area contributed by atoms with E-state index in [4.69, 9.17) is 0 Å². The first-order valence-electron chi connectivity index (χ1n) is 9.34. The average molecular weight is 415 g/mol. The van der Waals surface area contributed by atoms with Crippen LogP contribution in [0.1, 0.15) is 18.4 Å². The second-order valence-corrected chi connectivity index (χ2v) is 10.1. The van der Waals surface area contributed by atoms with Crippen LogP contribution in [0.4, 0.5) is 0 Å². The lowest BCUT2D eigenvalue weighted by atomic mass is 9.98. The van der Waals surface area contributed by atoms with E-state index in [9.17, 15) is 13.2 Å². The van der Waals surface area contributed by atoms with E-state index in [1.807, 2.05) is 30.3 Å². The molecule has 5 nitrogen and oxygen atoms in total. The molecule has 2 heterocycles. The molecule has 0 saturated carbocycles. The highest BCUT2D eigenvalue weighted by Gasteiger charge is 2.33. The summed E-state index contributed by atoms with van der Waals surface area (Å²) in [6.07, 6.45) is 1.40. The maximum atomic E-state index is 12.7. The third-order valence-corrected chi connectivity index (χ3v) is 8.42. The molecule has 146 valence electrons. The van der Waals surface area contributed by atoms with Crippen LogP contribution in [0.3, 0.4) is 0 Å². The van der Waals surface area contributed by atoms with Crippen molar-refractivity contribution in [1.82, 2.24) is 9.62 Å². The molecule has 1 amide bonds. The van der Waals surface area contributed by atoms with Crippen LogP contribution >= 0.6 is 11.3 Å². The van der Waals surface area contributed by atoms with Gasteiger partial charge in [-0.1, -0.05) is 48.5 Å². The molecule has 28 heavy (non-hydrogen) atoms. The van der Waals surface area contributed by atoms with Gasteiger partial charge in [0.15, 0.2) is 0 Å². The summed E-state index contributed by atoms with van der Waals surface area (Å²) in [5.74, 6) is -0.405. The predicted molar refractivity (Wildman–Crippen MR) is 112 cm³/mol. The molecule has 2 aromatic carbocycles. The van der Waals surface area contributed by atoms with Gasteiger partial charge in [0.1, 0.15) is 4.21 Å². The van der Waals surface area contributed by atoms with Crippen molar-refractivity contribution < 1.29 is 13.2 Å². The summed E-state index contributed by atoms with van der Waals surface area (Å²) in [7, 11) is -3.51. The Kier molecular flexibility index (Phi) is 5.48. The molecule has 0 unspecified atom stereocenters. The van der Waals surface area contributed by atoms with Crippen LogP contribution in [0.15, 0.2) is 64.2 Å². The SMILES string of the molecule is O=C(NCc1cccc2ccccc12)[C@H]1CCCN(S(=O)(=O)c2cccs2)C1. The normalized spacial score (nSPS) is 18.2. The lowest BCUT2D eigenvalue weighted by Crippen LogP contribution is -2.45. The number of benzene rings is 2. The lowest BCUT2D eigenvalue weighted by molar-refractivity contribution is -0.126. The van der Waals surface area contributed by atoms with Crippen LogP contribution < -0.4 is 5.32 Å². The van der Waals surface area contributed by atoms with Gasteiger partial charge in [0, 0.05) is 19.6 Å². The van der Waals surface area contributed by atoms with Crippen LogP contribution in [-0.2, 0) is 21.4 Å². The number of hydrogen-bond donors (Lipinski definition) is 1. The zero-order chi connectivity index (χ0) is 19.6. The van der Waals surface area contributed by atoms with Crippen LogP contribution in [0.5, 0.6) is 0 Å². The summed E-state index contributed by atoms with van der Waals surface area (Å²) in [6, 6.07) is 17.5. The first-order chi connectivity index (χ1) is 13.6. The number of carbonyl (C=O) groups is 1. The van der Waals surface area contributed by atoms with E-state index in [1.165, 1.54) is 15.6 Å². The van der Waals surface area contributed by atoms with Gasteiger partial charge in [-0.3, -0.25) is 4.79 Å². The third kappa shape index (κ3) is 3.83. The second kappa shape index (κ2) is 8.03. The number of fused-ring (bicyclic) bond motifs is 1. The summed E-state index contributed by atoms with van der Waals surface area (Å²) >= 11 is 1.21. The summed E-state index contributed by atoms with van der Waals surface area (Å²) in [6.45, 7) is 1.14. The number of amides is 1. The van der Waals surface area contributed by atoms with Crippen molar-refractivity contribution >= 4 is 38.0 Å². The molecule has 1 aliphatic rings. The molecule has 4 rings (SSSR count). The minimum absolute atomic E-state index is 0.0842.